The van der Waals surface area contributed by atoms with Gasteiger partial charge in [-0.15, -0.1) is 0 Å². The molecule has 0 spiro atoms. The lowest BCUT2D eigenvalue weighted by Crippen LogP contribution is -2.47. The van der Waals surface area contributed by atoms with Crippen molar-refractivity contribution in [1.82, 2.24) is 20.3 Å². The van der Waals surface area contributed by atoms with E-state index in [0.717, 1.165) is 24.1 Å². The minimum atomic E-state index is -3.54. The van der Waals surface area contributed by atoms with Crippen molar-refractivity contribution in [2.45, 2.75) is 57.0 Å². The standard InChI is InChI=1S/C24H32N4O4S/c1-17-6-12-22(13-7-17)33(31,32)27-15-19-8-10-20(11-9-19)24(30)28-18(2)23(29)26-16-21-5-3-4-14-25-21/h3-7,12-14,18-20,27H,8-11,15-16H2,1-2H3,(H,26,29)(H,28,30)/t18-,19?,20?/m0/s1. The molecular formula is C24H32N4O4S. The van der Waals surface area contributed by atoms with Crippen LogP contribution in [0.25, 0.3) is 0 Å². The molecule has 1 aliphatic rings. The number of nitrogens with zero attached hydrogens (tertiary/aromatic N) is 1. The van der Waals surface area contributed by atoms with Crippen molar-refractivity contribution in [2.24, 2.45) is 11.8 Å². The summed E-state index contributed by atoms with van der Waals surface area (Å²) in [4.78, 5) is 29.3. The minimum Gasteiger partial charge on any atom is -0.349 e. The normalized spacial score (nSPS) is 19.5. The van der Waals surface area contributed by atoms with Crippen molar-refractivity contribution in [1.29, 1.82) is 0 Å². The summed E-state index contributed by atoms with van der Waals surface area (Å²) in [6, 6.07) is 11.6. The van der Waals surface area contributed by atoms with Gasteiger partial charge in [0.25, 0.3) is 0 Å². The van der Waals surface area contributed by atoms with Crippen LogP contribution in [0, 0.1) is 18.8 Å². The molecule has 0 saturated heterocycles. The number of benzene rings is 1. The number of amides is 2. The summed E-state index contributed by atoms with van der Waals surface area (Å²) in [5, 5.41) is 5.58. The van der Waals surface area contributed by atoms with Crippen LogP contribution >= 0.6 is 0 Å². The largest absolute Gasteiger partial charge is 0.349 e. The molecule has 1 heterocycles. The molecule has 0 bridgehead atoms. The topological polar surface area (TPSA) is 117 Å². The zero-order valence-corrected chi connectivity index (χ0v) is 19.9. The Balaban J connectivity index is 1.39. The van der Waals surface area contributed by atoms with Crippen LogP contribution < -0.4 is 15.4 Å². The number of nitrogens with one attached hydrogen (secondary N) is 3. The Bertz CT molecular complexity index is 1030. The molecule has 1 fully saturated rings. The highest BCUT2D eigenvalue weighted by atomic mass is 32.2. The summed E-state index contributed by atoms with van der Waals surface area (Å²) in [6.45, 7) is 4.24. The van der Waals surface area contributed by atoms with Gasteiger partial charge in [0, 0.05) is 18.7 Å². The quantitative estimate of drug-likeness (QED) is 0.518. The molecule has 33 heavy (non-hydrogen) atoms. The first kappa shape index (κ1) is 24.9. The number of pyridine rings is 1. The Kier molecular flexibility index (Phi) is 8.57. The van der Waals surface area contributed by atoms with Crippen molar-refractivity contribution in [3.05, 3.63) is 59.9 Å². The van der Waals surface area contributed by atoms with Crippen molar-refractivity contribution in [3.8, 4) is 0 Å². The molecule has 2 amide bonds. The molecule has 0 radical (unpaired) electrons. The predicted molar refractivity (Wildman–Crippen MR) is 126 cm³/mol. The second-order valence-corrected chi connectivity index (χ2v) is 10.4. The van der Waals surface area contributed by atoms with E-state index in [4.69, 9.17) is 0 Å². The molecule has 3 rings (SSSR count). The van der Waals surface area contributed by atoms with E-state index >= 15 is 0 Å². The number of hydrogen-bond acceptors (Lipinski definition) is 5. The molecular weight excluding hydrogens is 440 g/mol. The zero-order chi connectivity index (χ0) is 23.8. The lowest BCUT2D eigenvalue weighted by molar-refractivity contribution is -0.131. The van der Waals surface area contributed by atoms with E-state index in [-0.39, 0.29) is 28.5 Å². The van der Waals surface area contributed by atoms with Crippen molar-refractivity contribution < 1.29 is 18.0 Å². The fraction of sp³-hybridized carbons (Fsp3) is 0.458. The van der Waals surface area contributed by atoms with Crippen LogP contribution in [0.3, 0.4) is 0 Å². The van der Waals surface area contributed by atoms with Crippen LogP contribution in [0.4, 0.5) is 0 Å². The maximum absolute atomic E-state index is 12.6. The molecule has 0 unspecified atom stereocenters. The lowest BCUT2D eigenvalue weighted by Gasteiger charge is -2.28. The van der Waals surface area contributed by atoms with Gasteiger partial charge in [0.15, 0.2) is 0 Å². The molecule has 1 saturated carbocycles. The van der Waals surface area contributed by atoms with E-state index in [9.17, 15) is 18.0 Å². The van der Waals surface area contributed by atoms with Crippen molar-refractivity contribution in [2.75, 3.05) is 6.54 Å². The minimum absolute atomic E-state index is 0.130. The highest BCUT2D eigenvalue weighted by molar-refractivity contribution is 7.89. The second kappa shape index (κ2) is 11.4. The van der Waals surface area contributed by atoms with Gasteiger partial charge in [-0.1, -0.05) is 23.8 Å². The van der Waals surface area contributed by atoms with Crippen molar-refractivity contribution in [3.63, 3.8) is 0 Å². The second-order valence-electron chi connectivity index (χ2n) is 8.65. The van der Waals surface area contributed by atoms with Gasteiger partial charge < -0.3 is 10.6 Å². The van der Waals surface area contributed by atoms with Crippen LogP contribution in [-0.2, 0) is 26.2 Å². The molecule has 9 heteroatoms. The zero-order valence-electron chi connectivity index (χ0n) is 19.1. The molecule has 2 aromatic rings. The maximum Gasteiger partial charge on any atom is 0.242 e. The van der Waals surface area contributed by atoms with Gasteiger partial charge in [0.05, 0.1) is 17.1 Å². The third-order valence-electron chi connectivity index (χ3n) is 6.03. The van der Waals surface area contributed by atoms with Crippen LogP contribution in [0.2, 0.25) is 0 Å². The fourth-order valence-corrected chi connectivity index (χ4v) is 5.00. The van der Waals surface area contributed by atoms with E-state index in [1.54, 1.807) is 37.4 Å². The highest BCUT2D eigenvalue weighted by Gasteiger charge is 2.29. The SMILES string of the molecule is Cc1ccc(S(=O)(=O)NCC2CCC(C(=O)N[C@@H](C)C(=O)NCc3ccccn3)CC2)cc1. The number of rotatable bonds is 9. The first-order valence-electron chi connectivity index (χ1n) is 11.3. The van der Waals surface area contributed by atoms with Crippen LogP contribution in [0.1, 0.15) is 43.9 Å². The summed E-state index contributed by atoms with van der Waals surface area (Å²) in [5.41, 5.74) is 1.76. The lowest BCUT2D eigenvalue weighted by atomic mass is 9.81. The number of hydrogen-bond donors (Lipinski definition) is 3. The monoisotopic (exact) mass is 472 g/mol. The van der Waals surface area contributed by atoms with E-state index < -0.39 is 16.1 Å². The van der Waals surface area contributed by atoms with Gasteiger partial charge in [0.2, 0.25) is 21.8 Å². The Labute approximate surface area is 195 Å². The highest BCUT2D eigenvalue weighted by Crippen LogP contribution is 2.29. The number of carbonyl (C=O) groups is 2. The number of carbonyl (C=O) groups excluding carboxylic acids is 2. The third-order valence-corrected chi connectivity index (χ3v) is 7.47. The summed E-state index contributed by atoms with van der Waals surface area (Å²) >= 11 is 0. The van der Waals surface area contributed by atoms with Gasteiger partial charge in [-0.05, 0) is 69.7 Å². The van der Waals surface area contributed by atoms with E-state index in [1.165, 1.54) is 0 Å². The van der Waals surface area contributed by atoms with E-state index in [1.807, 2.05) is 25.1 Å². The molecule has 0 aliphatic heterocycles. The smallest absolute Gasteiger partial charge is 0.242 e. The molecule has 178 valence electrons. The Hall–Kier alpha value is -2.78. The van der Waals surface area contributed by atoms with Gasteiger partial charge >= 0.3 is 0 Å². The maximum atomic E-state index is 12.6. The third kappa shape index (κ3) is 7.36. The molecule has 3 N–H and O–H groups in total. The Morgan fingerprint density at radius 1 is 1.06 bits per heavy atom. The average molecular weight is 473 g/mol. The van der Waals surface area contributed by atoms with Crippen LogP contribution in [0.5, 0.6) is 0 Å². The van der Waals surface area contributed by atoms with Gasteiger partial charge in [-0.25, -0.2) is 13.1 Å². The Morgan fingerprint density at radius 2 is 1.76 bits per heavy atom. The van der Waals surface area contributed by atoms with Crippen LogP contribution in [0.15, 0.2) is 53.6 Å². The summed E-state index contributed by atoms with van der Waals surface area (Å²) in [5.74, 6) is -0.364. The van der Waals surface area contributed by atoms with Crippen LogP contribution in [-0.4, -0.2) is 37.8 Å². The van der Waals surface area contributed by atoms with Gasteiger partial charge in [-0.2, -0.15) is 0 Å². The van der Waals surface area contributed by atoms with E-state index in [2.05, 4.69) is 20.3 Å². The van der Waals surface area contributed by atoms with Crippen molar-refractivity contribution >= 4 is 21.8 Å². The predicted octanol–water partition coefficient (Wildman–Crippen LogP) is 2.30. The van der Waals surface area contributed by atoms with Gasteiger partial charge in [0.1, 0.15) is 6.04 Å². The Morgan fingerprint density at radius 3 is 2.39 bits per heavy atom. The molecule has 1 atom stereocenters. The van der Waals surface area contributed by atoms with Gasteiger partial charge in [-0.3, -0.25) is 14.6 Å². The summed E-state index contributed by atoms with van der Waals surface area (Å²) < 4.78 is 27.6. The summed E-state index contributed by atoms with van der Waals surface area (Å²) in [6.07, 6.45) is 4.52. The average Bonchev–Trinajstić information content (AvgIpc) is 2.82. The fourth-order valence-electron chi connectivity index (χ4n) is 3.89. The number of aromatic nitrogens is 1. The first-order valence-corrected chi connectivity index (χ1v) is 12.8. The molecule has 1 aliphatic carbocycles. The molecule has 1 aromatic carbocycles. The number of aryl methyl sites for hydroxylation is 1. The first-order chi connectivity index (χ1) is 15.7. The number of sulfonamides is 1. The molecule has 1 aromatic heterocycles. The molecule has 8 nitrogen and oxygen atoms in total. The summed E-state index contributed by atoms with van der Waals surface area (Å²) in [7, 11) is -3.54. The van der Waals surface area contributed by atoms with E-state index in [0.29, 0.717) is 25.9 Å².